The van der Waals surface area contributed by atoms with Crippen molar-refractivity contribution in [3.63, 3.8) is 0 Å². The van der Waals surface area contributed by atoms with Crippen LogP contribution < -0.4 is 5.32 Å². The number of piperidine rings is 1. The second kappa shape index (κ2) is 14.1. The van der Waals surface area contributed by atoms with E-state index in [-0.39, 0.29) is 37.5 Å². The Labute approximate surface area is 267 Å². The molecule has 1 saturated heterocycles. The first-order valence-corrected chi connectivity index (χ1v) is 16.8. The zero-order chi connectivity index (χ0) is 32.2. The van der Waals surface area contributed by atoms with E-state index in [1.807, 2.05) is 37.8 Å². The van der Waals surface area contributed by atoms with Crippen LogP contribution in [0.15, 0.2) is 30.5 Å². The SMILES string of the molecule is COCCCn1cc(CN(C(=O)[C@@H]2CC(C(=O)NCC3(O)CCCCC3)CN(C(=O)OC(C)(C)C)C2)C2CC2)c2ccccc21. The average molecular weight is 625 g/mol. The molecule has 10 heteroatoms. The Kier molecular flexibility index (Phi) is 10.4. The highest BCUT2D eigenvalue weighted by molar-refractivity contribution is 5.87. The third-order valence-corrected chi connectivity index (χ3v) is 9.43. The molecule has 2 aliphatic carbocycles. The van der Waals surface area contributed by atoms with Crippen LogP contribution in [-0.2, 0) is 32.2 Å². The summed E-state index contributed by atoms with van der Waals surface area (Å²) in [4.78, 5) is 44.7. The number of para-hydroxylation sites is 1. The van der Waals surface area contributed by atoms with Crippen LogP contribution in [0, 0.1) is 11.8 Å². The molecule has 1 aromatic heterocycles. The fourth-order valence-corrected chi connectivity index (χ4v) is 6.93. The molecule has 3 aliphatic rings. The van der Waals surface area contributed by atoms with E-state index < -0.39 is 29.1 Å². The van der Waals surface area contributed by atoms with Crippen molar-refractivity contribution < 1.29 is 29.0 Å². The molecule has 1 aromatic carbocycles. The van der Waals surface area contributed by atoms with Gasteiger partial charge in [-0.1, -0.05) is 37.5 Å². The van der Waals surface area contributed by atoms with Gasteiger partial charge in [-0.3, -0.25) is 9.59 Å². The molecule has 0 radical (unpaired) electrons. The summed E-state index contributed by atoms with van der Waals surface area (Å²) in [6, 6.07) is 8.44. The summed E-state index contributed by atoms with van der Waals surface area (Å²) >= 11 is 0. The molecule has 3 fully saturated rings. The summed E-state index contributed by atoms with van der Waals surface area (Å²) in [6.07, 6.45) is 9.11. The van der Waals surface area contributed by atoms with Crippen LogP contribution in [-0.4, -0.2) is 88.0 Å². The molecule has 45 heavy (non-hydrogen) atoms. The summed E-state index contributed by atoms with van der Waals surface area (Å²) < 4.78 is 13.2. The van der Waals surface area contributed by atoms with Gasteiger partial charge in [0.1, 0.15) is 5.60 Å². The van der Waals surface area contributed by atoms with Gasteiger partial charge >= 0.3 is 6.09 Å². The van der Waals surface area contributed by atoms with Crippen molar-refractivity contribution in [1.82, 2.24) is 19.7 Å². The molecule has 2 atom stereocenters. The number of carbonyl (C=O) groups excluding carboxylic acids is 3. The van der Waals surface area contributed by atoms with Crippen LogP contribution in [0.2, 0.25) is 0 Å². The largest absolute Gasteiger partial charge is 0.444 e. The molecule has 5 rings (SSSR count). The highest BCUT2D eigenvalue weighted by atomic mass is 16.6. The van der Waals surface area contributed by atoms with Crippen molar-refractivity contribution in [2.24, 2.45) is 11.8 Å². The molecule has 1 aliphatic heterocycles. The fraction of sp³-hybridized carbons (Fsp3) is 0.686. The lowest BCUT2D eigenvalue weighted by Crippen LogP contribution is -2.54. The van der Waals surface area contributed by atoms with Crippen LogP contribution in [0.4, 0.5) is 4.79 Å². The van der Waals surface area contributed by atoms with Gasteiger partial charge in [-0.25, -0.2) is 4.79 Å². The molecule has 2 saturated carbocycles. The van der Waals surface area contributed by atoms with Crippen molar-refractivity contribution in [3.8, 4) is 0 Å². The standard InChI is InChI=1S/C35H52N4O6/c1-34(2,3)45-33(42)38-20-25(31(40)36-24-35(43)15-8-5-9-16-35)19-26(21-38)32(41)39(28-13-14-28)23-27-22-37(17-10-18-44-4)30-12-7-6-11-29(27)30/h6-7,11-12,22,25-26,28,43H,5,8-10,13-21,23-24H2,1-4H3,(H,36,40)/t25?,26-/m1/s1. The van der Waals surface area contributed by atoms with Crippen LogP contribution in [0.1, 0.15) is 84.1 Å². The van der Waals surface area contributed by atoms with Crippen molar-refractivity contribution >= 4 is 28.8 Å². The number of methoxy groups -OCH3 is 1. The van der Waals surface area contributed by atoms with Crippen molar-refractivity contribution in [1.29, 1.82) is 0 Å². The van der Waals surface area contributed by atoms with Gasteiger partial charge in [0.2, 0.25) is 11.8 Å². The Bertz CT molecular complexity index is 1340. The number of aryl methyl sites for hydroxylation is 1. The Balaban J connectivity index is 1.34. The molecular weight excluding hydrogens is 572 g/mol. The number of rotatable bonds is 11. The van der Waals surface area contributed by atoms with E-state index in [9.17, 15) is 19.5 Å². The van der Waals surface area contributed by atoms with Crippen molar-refractivity contribution in [3.05, 3.63) is 36.0 Å². The predicted octanol–water partition coefficient (Wildman–Crippen LogP) is 4.85. The molecule has 3 amide bonds. The number of nitrogens with zero attached hydrogens (tertiary/aromatic N) is 3. The number of carbonyl (C=O) groups is 3. The summed E-state index contributed by atoms with van der Waals surface area (Å²) in [7, 11) is 1.71. The lowest BCUT2D eigenvalue weighted by molar-refractivity contribution is -0.141. The van der Waals surface area contributed by atoms with Gasteiger partial charge in [0, 0.05) is 69.6 Å². The van der Waals surface area contributed by atoms with Gasteiger partial charge in [0.15, 0.2) is 0 Å². The number of amides is 3. The molecule has 1 unspecified atom stereocenters. The maximum atomic E-state index is 14.4. The normalized spacial score (nSPS) is 21.8. The van der Waals surface area contributed by atoms with E-state index in [0.717, 1.165) is 61.5 Å². The summed E-state index contributed by atoms with van der Waals surface area (Å²) in [5.41, 5.74) is 0.636. The third kappa shape index (κ3) is 8.58. The van der Waals surface area contributed by atoms with Gasteiger partial charge < -0.3 is 34.3 Å². The van der Waals surface area contributed by atoms with Crippen LogP contribution in [0.25, 0.3) is 10.9 Å². The Morgan fingerprint density at radius 3 is 2.47 bits per heavy atom. The number of benzene rings is 1. The quantitative estimate of drug-likeness (QED) is 0.346. The van der Waals surface area contributed by atoms with Gasteiger partial charge in [-0.05, 0) is 70.9 Å². The first-order valence-electron chi connectivity index (χ1n) is 16.8. The Hall–Kier alpha value is -3.11. The maximum Gasteiger partial charge on any atom is 0.410 e. The highest BCUT2D eigenvalue weighted by Crippen LogP contribution is 2.35. The molecule has 2 N–H and O–H groups in total. The zero-order valence-electron chi connectivity index (χ0n) is 27.6. The van der Waals surface area contributed by atoms with Crippen molar-refractivity contribution in [2.45, 2.75) is 109 Å². The molecule has 0 bridgehead atoms. The van der Waals surface area contributed by atoms with Crippen molar-refractivity contribution in [2.75, 3.05) is 33.4 Å². The van der Waals surface area contributed by atoms with E-state index in [4.69, 9.17) is 9.47 Å². The molecule has 0 spiro atoms. The first-order chi connectivity index (χ1) is 21.5. The van der Waals surface area contributed by atoms with Gasteiger partial charge in [-0.2, -0.15) is 0 Å². The highest BCUT2D eigenvalue weighted by Gasteiger charge is 2.43. The van der Waals surface area contributed by atoms with Crippen LogP contribution in [0.5, 0.6) is 0 Å². The van der Waals surface area contributed by atoms with Gasteiger partial charge in [0.25, 0.3) is 0 Å². The number of aromatic nitrogens is 1. The summed E-state index contributed by atoms with van der Waals surface area (Å²) in [5.74, 6) is -1.35. The van der Waals surface area contributed by atoms with Crippen LogP contribution >= 0.6 is 0 Å². The van der Waals surface area contributed by atoms with E-state index in [0.29, 0.717) is 32.4 Å². The number of hydrogen-bond acceptors (Lipinski definition) is 6. The predicted molar refractivity (Wildman–Crippen MR) is 172 cm³/mol. The van der Waals surface area contributed by atoms with E-state index in [1.54, 1.807) is 7.11 Å². The number of hydrogen-bond donors (Lipinski definition) is 2. The minimum Gasteiger partial charge on any atom is -0.444 e. The summed E-state index contributed by atoms with van der Waals surface area (Å²) in [5, 5.41) is 15.1. The smallest absolute Gasteiger partial charge is 0.410 e. The Morgan fingerprint density at radius 2 is 1.78 bits per heavy atom. The van der Waals surface area contributed by atoms with E-state index in [2.05, 4.69) is 28.2 Å². The minimum absolute atomic E-state index is 0.0225. The molecule has 2 heterocycles. The third-order valence-electron chi connectivity index (χ3n) is 9.43. The Morgan fingerprint density at radius 1 is 1.07 bits per heavy atom. The maximum absolute atomic E-state index is 14.4. The molecular formula is C35H52N4O6. The van der Waals surface area contributed by atoms with E-state index >= 15 is 0 Å². The second-order valence-electron chi connectivity index (χ2n) is 14.4. The monoisotopic (exact) mass is 624 g/mol. The topological polar surface area (TPSA) is 113 Å². The number of likely N-dealkylation sites (tertiary alicyclic amines) is 1. The zero-order valence-corrected chi connectivity index (χ0v) is 27.6. The molecule has 10 nitrogen and oxygen atoms in total. The average Bonchev–Trinajstić information content (AvgIpc) is 3.80. The molecule has 248 valence electrons. The number of ether oxygens (including phenoxy) is 2. The number of fused-ring (bicyclic) bond motifs is 1. The minimum atomic E-state index is -0.895. The summed E-state index contributed by atoms with van der Waals surface area (Å²) in [6.45, 7) is 8.01. The van der Waals surface area contributed by atoms with E-state index in [1.165, 1.54) is 4.90 Å². The van der Waals surface area contributed by atoms with Gasteiger partial charge in [0.05, 0.1) is 17.4 Å². The van der Waals surface area contributed by atoms with Gasteiger partial charge in [-0.15, -0.1) is 0 Å². The van der Waals surface area contributed by atoms with Crippen LogP contribution in [0.3, 0.4) is 0 Å². The number of nitrogens with one attached hydrogen (secondary N) is 1. The number of aliphatic hydroxyl groups is 1. The lowest BCUT2D eigenvalue weighted by atomic mass is 9.84. The lowest BCUT2D eigenvalue weighted by Gasteiger charge is -2.39. The fourth-order valence-electron chi connectivity index (χ4n) is 6.93. The molecule has 2 aromatic rings. The first kappa shape index (κ1) is 33.3. The second-order valence-corrected chi connectivity index (χ2v) is 14.4.